The summed E-state index contributed by atoms with van der Waals surface area (Å²) in [6.07, 6.45) is 0. The van der Waals surface area contributed by atoms with Gasteiger partial charge in [0.05, 0.1) is 6.04 Å². The summed E-state index contributed by atoms with van der Waals surface area (Å²) in [4.78, 5) is 28.9. The summed E-state index contributed by atoms with van der Waals surface area (Å²) in [5, 5.41) is 5.19. The van der Waals surface area contributed by atoms with E-state index in [0.717, 1.165) is 49.5 Å². The van der Waals surface area contributed by atoms with Gasteiger partial charge >= 0.3 is 6.03 Å². The number of aryl methyl sites for hydroxylation is 2. The van der Waals surface area contributed by atoms with Gasteiger partial charge in [0, 0.05) is 31.9 Å². The molecule has 0 aliphatic carbocycles. The van der Waals surface area contributed by atoms with Gasteiger partial charge in [-0.1, -0.05) is 24.6 Å². The number of likely N-dealkylation sites (N-methyl/N-ethyl adjacent to an activating group) is 1. The van der Waals surface area contributed by atoms with Crippen LogP contribution in [0.5, 0.6) is 0 Å². The summed E-state index contributed by atoms with van der Waals surface area (Å²) < 4.78 is 0. The minimum atomic E-state index is -0.481. The molecule has 0 saturated carbocycles. The molecule has 0 aromatic heterocycles. The van der Waals surface area contributed by atoms with Crippen molar-refractivity contribution in [2.45, 2.75) is 33.7 Å². The second kappa shape index (κ2) is 8.26. The second-order valence-corrected chi connectivity index (χ2v) is 6.41. The van der Waals surface area contributed by atoms with Gasteiger partial charge in [0.25, 0.3) is 0 Å². The van der Waals surface area contributed by atoms with Crippen molar-refractivity contribution in [2.24, 2.45) is 0 Å². The number of piperazine rings is 1. The quantitative estimate of drug-likeness (QED) is 0.885. The number of rotatable bonds is 4. The third kappa shape index (κ3) is 4.79. The Morgan fingerprint density at radius 2 is 1.83 bits per heavy atom. The molecule has 0 bridgehead atoms. The number of urea groups is 1. The lowest BCUT2D eigenvalue weighted by atomic mass is 10.1. The van der Waals surface area contributed by atoms with E-state index in [1.54, 1.807) is 0 Å². The van der Waals surface area contributed by atoms with Gasteiger partial charge in [-0.15, -0.1) is 0 Å². The monoisotopic (exact) mass is 332 g/mol. The average Bonchev–Trinajstić information content (AvgIpc) is 2.56. The number of nitrogens with one attached hydrogen (secondary N) is 2. The van der Waals surface area contributed by atoms with E-state index in [1.807, 2.05) is 39.0 Å². The zero-order valence-corrected chi connectivity index (χ0v) is 15.1. The third-order valence-electron chi connectivity index (χ3n) is 4.65. The molecule has 2 rings (SSSR count). The molecule has 1 aromatic carbocycles. The Morgan fingerprint density at radius 3 is 2.42 bits per heavy atom. The molecule has 24 heavy (non-hydrogen) atoms. The maximum Gasteiger partial charge on any atom is 0.325 e. The Balaban J connectivity index is 1.85. The zero-order chi connectivity index (χ0) is 17.7. The molecule has 1 heterocycles. The van der Waals surface area contributed by atoms with E-state index >= 15 is 0 Å². The van der Waals surface area contributed by atoms with Gasteiger partial charge in [-0.05, 0) is 38.9 Å². The van der Waals surface area contributed by atoms with E-state index in [9.17, 15) is 9.59 Å². The first-order valence-corrected chi connectivity index (χ1v) is 8.56. The highest BCUT2D eigenvalue weighted by molar-refractivity contribution is 6.03. The van der Waals surface area contributed by atoms with Crippen molar-refractivity contribution < 1.29 is 9.59 Å². The molecular formula is C18H28N4O2. The number of benzene rings is 1. The summed E-state index contributed by atoms with van der Waals surface area (Å²) in [7, 11) is 0. The highest BCUT2D eigenvalue weighted by atomic mass is 16.2. The van der Waals surface area contributed by atoms with Gasteiger partial charge in [-0.25, -0.2) is 4.79 Å². The normalized spacial score (nSPS) is 17.3. The Hall–Kier alpha value is -1.92. The van der Waals surface area contributed by atoms with Crippen LogP contribution in [0.2, 0.25) is 0 Å². The van der Waals surface area contributed by atoms with E-state index in [0.29, 0.717) is 0 Å². The minimum Gasteiger partial charge on any atom is -0.307 e. The third-order valence-corrected chi connectivity index (χ3v) is 4.65. The number of nitrogens with zero attached hydrogens (tertiary/aromatic N) is 2. The predicted octanol–water partition coefficient (Wildman–Crippen LogP) is 1.98. The summed E-state index contributed by atoms with van der Waals surface area (Å²) in [5.74, 6) is -0.262. The molecule has 1 saturated heterocycles. The molecule has 1 aliphatic rings. The van der Waals surface area contributed by atoms with Crippen LogP contribution >= 0.6 is 0 Å². The summed E-state index contributed by atoms with van der Waals surface area (Å²) in [6.45, 7) is 12.6. The Kier molecular flexibility index (Phi) is 6.34. The Morgan fingerprint density at radius 1 is 1.17 bits per heavy atom. The molecule has 0 spiro atoms. The molecule has 1 aromatic rings. The summed E-state index contributed by atoms with van der Waals surface area (Å²) in [5.41, 5.74) is 2.82. The highest BCUT2D eigenvalue weighted by Gasteiger charge is 2.26. The molecule has 0 radical (unpaired) electrons. The summed E-state index contributed by atoms with van der Waals surface area (Å²) in [6, 6.07) is 4.98. The van der Waals surface area contributed by atoms with Crippen molar-refractivity contribution in [3.8, 4) is 0 Å². The van der Waals surface area contributed by atoms with Crippen LogP contribution in [0.4, 0.5) is 10.5 Å². The van der Waals surface area contributed by atoms with Crippen LogP contribution < -0.4 is 10.6 Å². The predicted molar refractivity (Wildman–Crippen MR) is 96.2 cm³/mol. The molecule has 6 nitrogen and oxygen atoms in total. The largest absolute Gasteiger partial charge is 0.325 e. The molecular weight excluding hydrogens is 304 g/mol. The molecule has 6 heteroatoms. The van der Waals surface area contributed by atoms with Crippen molar-refractivity contribution in [3.63, 3.8) is 0 Å². The van der Waals surface area contributed by atoms with Gasteiger partial charge in [0.1, 0.15) is 0 Å². The Bertz CT molecular complexity index is 595. The molecule has 3 amide bonds. The molecule has 1 atom stereocenters. The van der Waals surface area contributed by atoms with Crippen molar-refractivity contribution in [1.29, 1.82) is 0 Å². The fraction of sp³-hybridized carbons (Fsp3) is 0.556. The number of carbonyl (C=O) groups is 2. The minimum absolute atomic E-state index is 0.262. The Labute approximate surface area is 144 Å². The van der Waals surface area contributed by atoms with E-state index in [2.05, 4.69) is 27.4 Å². The number of hydrogen-bond acceptors (Lipinski definition) is 4. The lowest BCUT2D eigenvalue weighted by molar-refractivity contribution is -0.125. The average molecular weight is 332 g/mol. The fourth-order valence-electron chi connectivity index (χ4n) is 2.96. The van der Waals surface area contributed by atoms with Crippen molar-refractivity contribution >= 4 is 17.6 Å². The second-order valence-electron chi connectivity index (χ2n) is 6.41. The molecule has 1 unspecified atom stereocenters. The van der Waals surface area contributed by atoms with Crippen molar-refractivity contribution in [2.75, 3.05) is 38.0 Å². The van der Waals surface area contributed by atoms with Crippen LogP contribution in [0.15, 0.2) is 18.2 Å². The zero-order valence-electron chi connectivity index (χ0n) is 15.1. The SMILES string of the molecule is CCN1CCN(C(C)C(=O)NC(=O)Nc2ccc(C)cc2C)CC1. The van der Waals surface area contributed by atoms with Crippen LogP contribution in [0, 0.1) is 13.8 Å². The van der Waals surface area contributed by atoms with E-state index in [1.165, 1.54) is 0 Å². The standard InChI is InChI=1S/C18H28N4O2/c1-5-21-8-10-22(11-9-21)15(4)17(23)20-18(24)19-16-7-6-13(2)12-14(16)3/h6-7,12,15H,5,8-11H2,1-4H3,(H2,19,20,23,24). The van der Waals surface area contributed by atoms with Gasteiger partial charge in [-0.2, -0.15) is 0 Å². The topological polar surface area (TPSA) is 64.7 Å². The first-order chi connectivity index (χ1) is 11.4. The van der Waals surface area contributed by atoms with Crippen molar-refractivity contribution in [1.82, 2.24) is 15.1 Å². The number of anilines is 1. The fourth-order valence-corrected chi connectivity index (χ4v) is 2.96. The number of hydrogen-bond donors (Lipinski definition) is 2. The molecule has 1 fully saturated rings. The molecule has 1 aliphatic heterocycles. The maximum absolute atomic E-state index is 12.3. The molecule has 2 N–H and O–H groups in total. The number of amides is 3. The maximum atomic E-state index is 12.3. The van der Waals surface area contributed by atoms with Crippen LogP contribution in [-0.2, 0) is 4.79 Å². The van der Waals surface area contributed by atoms with E-state index < -0.39 is 6.03 Å². The number of carbonyl (C=O) groups excluding carboxylic acids is 2. The van der Waals surface area contributed by atoms with Crippen LogP contribution in [0.3, 0.4) is 0 Å². The first kappa shape index (κ1) is 18.4. The van der Waals surface area contributed by atoms with E-state index in [-0.39, 0.29) is 11.9 Å². The van der Waals surface area contributed by atoms with Gasteiger partial charge in [0.15, 0.2) is 0 Å². The van der Waals surface area contributed by atoms with Crippen LogP contribution in [-0.4, -0.2) is 60.5 Å². The van der Waals surface area contributed by atoms with Crippen LogP contribution in [0.1, 0.15) is 25.0 Å². The number of imide groups is 1. The van der Waals surface area contributed by atoms with Gasteiger partial charge in [0.2, 0.25) is 5.91 Å². The van der Waals surface area contributed by atoms with Gasteiger partial charge in [-0.3, -0.25) is 15.0 Å². The highest BCUT2D eigenvalue weighted by Crippen LogP contribution is 2.15. The summed E-state index contributed by atoms with van der Waals surface area (Å²) >= 11 is 0. The molecule has 132 valence electrons. The smallest absolute Gasteiger partial charge is 0.307 e. The lowest BCUT2D eigenvalue weighted by Gasteiger charge is -2.36. The van der Waals surface area contributed by atoms with Gasteiger partial charge < -0.3 is 10.2 Å². The lowest BCUT2D eigenvalue weighted by Crippen LogP contribution is -2.54. The van der Waals surface area contributed by atoms with Crippen LogP contribution in [0.25, 0.3) is 0 Å². The van der Waals surface area contributed by atoms with Crippen molar-refractivity contribution in [3.05, 3.63) is 29.3 Å². The first-order valence-electron chi connectivity index (χ1n) is 8.56. The van der Waals surface area contributed by atoms with E-state index in [4.69, 9.17) is 0 Å².